The van der Waals surface area contributed by atoms with Crippen LogP contribution in [0.3, 0.4) is 0 Å². The average molecular weight is 412 g/mol. The predicted octanol–water partition coefficient (Wildman–Crippen LogP) is 1.02. The highest BCUT2D eigenvalue weighted by molar-refractivity contribution is 6.23. The second-order valence-electron chi connectivity index (χ2n) is 8.49. The monoisotopic (exact) mass is 412 g/mol. The summed E-state index contributed by atoms with van der Waals surface area (Å²) in [6.45, 7) is 3.32. The first-order chi connectivity index (χ1) is 14.5. The molecule has 9 heteroatoms. The van der Waals surface area contributed by atoms with Gasteiger partial charge in [0.15, 0.2) is 0 Å². The second-order valence-corrected chi connectivity index (χ2v) is 8.49. The summed E-state index contributed by atoms with van der Waals surface area (Å²) in [4.78, 5) is 42.6. The highest BCUT2D eigenvalue weighted by Gasteiger charge is 2.59. The zero-order valence-electron chi connectivity index (χ0n) is 16.5. The molecule has 2 saturated heterocycles. The summed E-state index contributed by atoms with van der Waals surface area (Å²) in [7, 11) is 0. The number of amides is 2. The van der Waals surface area contributed by atoms with Crippen molar-refractivity contribution < 1.29 is 19.6 Å². The first kappa shape index (κ1) is 19.2. The van der Waals surface area contributed by atoms with Crippen molar-refractivity contribution in [2.24, 2.45) is 23.7 Å². The zero-order chi connectivity index (χ0) is 21.0. The van der Waals surface area contributed by atoms with Gasteiger partial charge in [-0.05, 0) is 30.4 Å². The van der Waals surface area contributed by atoms with E-state index in [4.69, 9.17) is 5.11 Å². The van der Waals surface area contributed by atoms with E-state index >= 15 is 0 Å². The van der Waals surface area contributed by atoms with Gasteiger partial charge in [0.1, 0.15) is 5.69 Å². The molecule has 30 heavy (non-hydrogen) atoms. The molecule has 4 atom stereocenters. The van der Waals surface area contributed by atoms with Gasteiger partial charge in [-0.1, -0.05) is 12.2 Å². The standard InChI is InChI=1S/C21H24N4O5/c26-10-9-22-5-7-23(8-6-22)16-4-3-15(12-17(16)25(29)30)24-20(27)18-13-1-2-14(11-13)19(18)21(24)28/h1-4,12-14,18-19,26H,5-11H2/t13-,14-,18-,19-/m0/s1. The summed E-state index contributed by atoms with van der Waals surface area (Å²) in [5.74, 6) is -0.920. The number of nitrogens with zero attached hydrogens (tertiary/aromatic N) is 4. The Bertz CT molecular complexity index is 909. The Morgan fingerprint density at radius 2 is 1.67 bits per heavy atom. The number of anilines is 2. The minimum atomic E-state index is -0.448. The fourth-order valence-electron chi connectivity index (χ4n) is 5.58. The van der Waals surface area contributed by atoms with Gasteiger partial charge < -0.3 is 10.0 Å². The Balaban J connectivity index is 1.42. The molecular weight excluding hydrogens is 388 g/mol. The fourth-order valence-corrected chi connectivity index (χ4v) is 5.58. The normalized spacial score (nSPS) is 30.4. The molecule has 2 amide bonds. The lowest BCUT2D eigenvalue weighted by Gasteiger charge is -2.35. The first-order valence-electron chi connectivity index (χ1n) is 10.4. The number of allylic oxidation sites excluding steroid dienone is 2. The zero-order valence-corrected chi connectivity index (χ0v) is 16.5. The average Bonchev–Trinajstić information content (AvgIpc) is 3.42. The molecule has 5 rings (SSSR count). The number of carbonyl (C=O) groups is 2. The van der Waals surface area contributed by atoms with Crippen LogP contribution in [0.1, 0.15) is 6.42 Å². The summed E-state index contributed by atoms with van der Waals surface area (Å²) >= 11 is 0. The number of hydrogen-bond acceptors (Lipinski definition) is 7. The van der Waals surface area contributed by atoms with Crippen LogP contribution in [0.2, 0.25) is 0 Å². The van der Waals surface area contributed by atoms with Crippen molar-refractivity contribution in [1.82, 2.24) is 4.90 Å². The molecule has 2 bridgehead atoms. The molecule has 2 aliphatic heterocycles. The van der Waals surface area contributed by atoms with E-state index in [1.807, 2.05) is 17.1 Å². The van der Waals surface area contributed by atoms with Crippen molar-refractivity contribution in [2.45, 2.75) is 6.42 Å². The molecule has 158 valence electrons. The van der Waals surface area contributed by atoms with Gasteiger partial charge in [-0.2, -0.15) is 0 Å². The van der Waals surface area contributed by atoms with Crippen molar-refractivity contribution in [2.75, 3.05) is 49.1 Å². The van der Waals surface area contributed by atoms with Gasteiger partial charge in [0, 0.05) is 38.8 Å². The Morgan fingerprint density at radius 3 is 2.23 bits per heavy atom. The molecule has 2 aliphatic carbocycles. The molecule has 1 aromatic carbocycles. The van der Waals surface area contributed by atoms with E-state index < -0.39 is 4.92 Å². The highest BCUT2D eigenvalue weighted by atomic mass is 16.6. The minimum absolute atomic E-state index is 0.0892. The quantitative estimate of drug-likeness (QED) is 0.333. The molecule has 9 nitrogen and oxygen atoms in total. The van der Waals surface area contributed by atoms with Gasteiger partial charge >= 0.3 is 0 Å². The van der Waals surface area contributed by atoms with E-state index in [1.54, 1.807) is 12.1 Å². The topological polar surface area (TPSA) is 107 Å². The van der Waals surface area contributed by atoms with E-state index in [2.05, 4.69) is 4.90 Å². The van der Waals surface area contributed by atoms with Crippen LogP contribution in [-0.2, 0) is 9.59 Å². The van der Waals surface area contributed by atoms with Crippen LogP contribution in [-0.4, -0.2) is 66.1 Å². The Kier molecular flexibility index (Phi) is 4.59. The molecule has 2 heterocycles. The highest BCUT2D eigenvalue weighted by Crippen LogP contribution is 2.53. The van der Waals surface area contributed by atoms with Crippen molar-refractivity contribution in [1.29, 1.82) is 0 Å². The Hall–Kier alpha value is -2.78. The molecule has 0 spiro atoms. The molecule has 4 aliphatic rings. The minimum Gasteiger partial charge on any atom is -0.395 e. The van der Waals surface area contributed by atoms with Crippen LogP contribution >= 0.6 is 0 Å². The third kappa shape index (κ3) is 2.84. The second kappa shape index (κ2) is 7.17. The van der Waals surface area contributed by atoms with Gasteiger partial charge in [-0.3, -0.25) is 24.6 Å². The number of hydrogen-bond donors (Lipinski definition) is 1. The number of nitro groups is 1. The predicted molar refractivity (Wildman–Crippen MR) is 109 cm³/mol. The van der Waals surface area contributed by atoms with Crippen molar-refractivity contribution in [3.05, 3.63) is 40.5 Å². The lowest BCUT2D eigenvalue weighted by molar-refractivity contribution is -0.384. The maximum Gasteiger partial charge on any atom is 0.294 e. The van der Waals surface area contributed by atoms with Crippen LogP contribution in [0.25, 0.3) is 0 Å². The molecule has 1 N–H and O–H groups in total. The van der Waals surface area contributed by atoms with Crippen LogP contribution in [0.15, 0.2) is 30.4 Å². The van der Waals surface area contributed by atoms with E-state index in [9.17, 15) is 19.7 Å². The van der Waals surface area contributed by atoms with Gasteiger partial charge in [0.25, 0.3) is 5.69 Å². The number of nitro benzene ring substituents is 1. The van der Waals surface area contributed by atoms with Crippen LogP contribution < -0.4 is 9.80 Å². The van der Waals surface area contributed by atoms with Crippen molar-refractivity contribution in [3.63, 3.8) is 0 Å². The number of carbonyl (C=O) groups excluding carboxylic acids is 2. The number of imide groups is 1. The van der Waals surface area contributed by atoms with E-state index in [1.165, 1.54) is 6.07 Å². The molecule has 1 aromatic rings. The number of piperazine rings is 1. The summed E-state index contributed by atoms with van der Waals surface area (Å²) < 4.78 is 0. The van der Waals surface area contributed by atoms with E-state index in [0.717, 1.165) is 11.3 Å². The smallest absolute Gasteiger partial charge is 0.294 e. The van der Waals surface area contributed by atoms with Gasteiger partial charge in [0.05, 0.1) is 29.1 Å². The summed E-state index contributed by atoms with van der Waals surface area (Å²) in [6.07, 6.45) is 4.91. The summed E-state index contributed by atoms with van der Waals surface area (Å²) in [5.41, 5.74) is 0.684. The molecule has 3 fully saturated rings. The van der Waals surface area contributed by atoms with Gasteiger partial charge in [-0.15, -0.1) is 0 Å². The van der Waals surface area contributed by atoms with E-state index in [0.29, 0.717) is 38.4 Å². The molecular formula is C21H24N4O5. The Morgan fingerprint density at radius 1 is 1.03 bits per heavy atom. The van der Waals surface area contributed by atoms with Gasteiger partial charge in [-0.25, -0.2) is 4.90 Å². The molecule has 0 unspecified atom stereocenters. The number of fused-ring (bicyclic) bond motifs is 5. The van der Waals surface area contributed by atoms with Crippen LogP contribution in [0.5, 0.6) is 0 Å². The van der Waals surface area contributed by atoms with E-state index in [-0.39, 0.29) is 53.5 Å². The number of rotatable bonds is 5. The summed E-state index contributed by atoms with van der Waals surface area (Å²) in [6, 6.07) is 4.66. The number of aliphatic hydroxyl groups excluding tert-OH is 1. The first-order valence-corrected chi connectivity index (χ1v) is 10.4. The lowest BCUT2D eigenvalue weighted by atomic mass is 9.85. The maximum atomic E-state index is 13.0. The van der Waals surface area contributed by atoms with Crippen molar-refractivity contribution in [3.8, 4) is 0 Å². The third-order valence-corrected chi connectivity index (χ3v) is 7.01. The van der Waals surface area contributed by atoms with Gasteiger partial charge in [0.2, 0.25) is 11.8 Å². The fraction of sp³-hybridized carbons (Fsp3) is 0.524. The summed E-state index contributed by atoms with van der Waals surface area (Å²) in [5, 5.41) is 20.9. The van der Waals surface area contributed by atoms with Crippen LogP contribution in [0.4, 0.5) is 17.1 Å². The SMILES string of the molecule is O=C1[C@@H]2[C@@H](C(=O)N1c1ccc(N3CCN(CCO)CC3)c([N+](=O)[O-])c1)[C@H]1C=C[C@H]2C1. The number of β-amino-alcohol motifs (C(OH)–C–C–N with tert-alkyl or cyclic N) is 1. The van der Waals surface area contributed by atoms with Crippen molar-refractivity contribution >= 4 is 28.9 Å². The molecule has 0 aromatic heterocycles. The number of benzene rings is 1. The van der Waals surface area contributed by atoms with Crippen LogP contribution in [0, 0.1) is 33.8 Å². The lowest BCUT2D eigenvalue weighted by Crippen LogP contribution is -2.47. The third-order valence-electron chi connectivity index (χ3n) is 7.01. The largest absolute Gasteiger partial charge is 0.395 e. The maximum absolute atomic E-state index is 13.0. The molecule has 1 saturated carbocycles. The number of aliphatic hydroxyl groups is 1. The Labute approximate surface area is 173 Å². The molecule has 0 radical (unpaired) electrons.